The zero-order valence-corrected chi connectivity index (χ0v) is 12.0. The molecule has 0 radical (unpaired) electrons. The molecule has 0 bridgehead atoms. The third-order valence-corrected chi connectivity index (χ3v) is 3.75. The van der Waals surface area contributed by atoms with E-state index in [2.05, 4.69) is 43.7 Å². The van der Waals surface area contributed by atoms with Gasteiger partial charge in [-0.05, 0) is 31.9 Å². The molecule has 2 aromatic rings. The van der Waals surface area contributed by atoms with Crippen LogP contribution in [0.5, 0.6) is 0 Å². The molecule has 90 valence electrons. The summed E-state index contributed by atoms with van der Waals surface area (Å²) in [4.78, 5) is 11.4. The summed E-state index contributed by atoms with van der Waals surface area (Å²) in [6, 6.07) is 3.96. The molecule has 0 fully saturated rings. The molecule has 17 heavy (non-hydrogen) atoms. The maximum atomic E-state index is 6.06. The zero-order valence-electron chi connectivity index (χ0n) is 10.4. The van der Waals surface area contributed by atoms with Crippen molar-refractivity contribution in [2.75, 3.05) is 0 Å². The fraction of sp³-hybridized carbons (Fsp3) is 0.385. The summed E-state index contributed by atoms with van der Waals surface area (Å²) in [5, 5.41) is 0.516. The minimum Gasteiger partial charge on any atom is -0.233 e. The number of aryl methyl sites for hydroxylation is 2. The van der Waals surface area contributed by atoms with Crippen LogP contribution < -0.4 is 0 Å². The van der Waals surface area contributed by atoms with Gasteiger partial charge in [-0.1, -0.05) is 25.4 Å². The van der Waals surface area contributed by atoms with Crippen molar-refractivity contribution in [3.8, 4) is 11.4 Å². The molecular formula is C13H15ClN2S. The van der Waals surface area contributed by atoms with E-state index >= 15 is 0 Å². The number of rotatable bonds is 2. The van der Waals surface area contributed by atoms with Crippen LogP contribution in [0.2, 0.25) is 5.15 Å². The first-order valence-corrected chi connectivity index (χ1v) is 6.78. The van der Waals surface area contributed by atoms with E-state index in [0.717, 1.165) is 17.1 Å². The molecule has 0 aliphatic carbocycles. The van der Waals surface area contributed by atoms with Crippen molar-refractivity contribution in [1.82, 2.24) is 9.97 Å². The Kier molecular flexibility index (Phi) is 3.50. The standard InChI is InChI=1S/C13H15ClN2S/c1-7(2)11-6-12(14)16-13(15-11)10-5-8(3)17-9(10)4/h5-7H,1-4H3. The van der Waals surface area contributed by atoms with E-state index in [1.54, 1.807) is 11.3 Å². The Labute approximate surface area is 111 Å². The van der Waals surface area contributed by atoms with Crippen LogP contribution in [-0.4, -0.2) is 9.97 Å². The Balaban J connectivity index is 2.55. The van der Waals surface area contributed by atoms with Crippen molar-refractivity contribution in [2.24, 2.45) is 0 Å². The Morgan fingerprint density at radius 1 is 1.18 bits per heavy atom. The van der Waals surface area contributed by atoms with E-state index in [0.29, 0.717) is 11.1 Å². The van der Waals surface area contributed by atoms with Crippen LogP contribution in [0.15, 0.2) is 12.1 Å². The van der Waals surface area contributed by atoms with Crippen LogP contribution in [0.4, 0.5) is 0 Å². The van der Waals surface area contributed by atoms with Crippen LogP contribution in [-0.2, 0) is 0 Å². The molecule has 0 aliphatic heterocycles. The summed E-state index contributed by atoms with van der Waals surface area (Å²) in [5.41, 5.74) is 2.08. The third-order valence-electron chi connectivity index (χ3n) is 2.59. The lowest BCUT2D eigenvalue weighted by molar-refractivity contribution is 0.817. The predicted octanol–water partition coefficient (Wildman–Crippen LogP) is 4.60. The highest BCUT2D eigenvalue weighted by Gasteiger charge is 2.12. The number of halogens is 1. The van der Waals surface area contributed by atoms with Gasteiger partial charge in [-0.25, -0.2) is 9.97 Å². The van der Waals surface area contributed by atoms with E-state index in [4.69, 9.17) is 11.6 Å². The van der Waals surface area contributed by atoms with Crippen molar-refractivity contribution < 1.29 is 0 Å². The van der Waals surface area contributed by atoms with Crippen molar-refractivity contribution in [3.63, 3.8) is 0 Å². The van der Waals surface area contributed by atoms with Crippen molar-refractivity contribution >= 4 is 22.9 Å². The zero-order chi connectivity index (χ0) is 12.6. The van der Waals surface area contributed by atoms with Crippen LogP contribution in [0, 0.1) is 13.8 Å². The molecule has 0 amide bonds. The predicted molar refractivity (Wildman–Crippen MR) is 73.9 cm³/mol. The van der Waals surface area contributed by atoms with Crippen LogP contribution in [0.1, 0.15) is 35.2 Å². The van der Waals surface area contributed by atoms with E-state index in [1.807, 2.05) is 6.07 Å². The fourth-order valence-corrected chi connectivity index (χ4v) is 2.82. The second-order valence-electron chi connectivity index (χ2n) is 4.42. The average molecular weight is 267 g/mol. The van der Waals surface area contributed by atoms with Crippen LogP contribution in [0.25, 0.3) is 11.4 Å². The molecule has 0 unspecified atom stereocenters. The minimum atomic E-state index is 0.356. The summed E-state index contributed by atoms with van der Waals surface area (Å²) in [6.07, 6.45) is 0. The summed E-state index contributed by atoms with van der Waals surface area (Å²) >= 11 is 7.82. The normalized spacial score (nSPS) is 11.2. The highest BCUT2D eigenvalue weighted by atomic mass is 35.5. The summed E-state index contributed by atoms with van der Waals surface area (Å²) in [7, 11) is 0. The lowest BCUT2D eigenvalue weighted by atomic mass is 10.1. The van der Waals surface area contributed by atoms with E-state index < -0.39 is 0 Å². The number of hydrogen-bond donors (Lipinski definition) is 0. The quantitative estimate of drug-likeness (QED) is 0.743. The molecule has 2 heterocycles. The molecule has 0 aliphatic rings. The first-order valence-electron chi connectivity index (χ1n) is 5.59. The van der Waals surface area contributed by atoms with Gasteiger partial charge < -0.3 is 0 Å². The fourth-order valence-electron chi connectivity index (χ4n) is 1.70. The van der Waals surface area contributed by atoms with E-state index in [-0.39, 0.29) is 0 Å². The van der Waals surface area contributed by atoms with Crippen LogP contribution in [0.3, 0.4) is 0 Å². The van der Waals surface area contributed by atoms with Gasteiger partial charge in [0.2, 0.25) is 0 Å². The molecule has 2 nitrogen and oxygen atoms in total. The SMILES string of the molecule is Cc1cc(-c2nc(Cl)cc(C(C)C)n2)c(C)s1. The Hall–Kier alpha value is -0.930. The molecule has 2 rings (SSSR count). The first kappa shape index (κ1) is 12.5. The summed E-state index contributed by atoms with van der Waals surface area (Å²) in [6.45, 7) is 8.39. The number of aromatic nitrogens is 2. The second-order valence-corrected chi connectivity index (χ2v) is 6.27. The highest BCUT2D eigenvalue weighted by Crippen LogP contribution is 2.30. The number of nitrogens with zero attached hydrogens (tertiary/aromatic N) is 2. The van der Waals surface area contributed by atoms with Gasteiger partial charge in [-0.15, -0.1) is 11.3 Å². The van der Waals surface area contributed by atoms with Gasteiger partial charge in [0.25, 0.3) is 0 Å². The third kappa shape index (κ3) is 2.67. The van der Waals surface area contributed by atoms with Crippen LogP contribution >= 0.6 is 22.9 Å². The molecular weight excluding hydrogens is 252 g/mol. The van der Waals surface area contributed by atoms with Gasteiger partial charge in [0.15, 0.2) is 5.82 Å². The van der Waals surface area contributed by atoms with Gasteiger partial charge in [0.05, 0.1) is 0 Å². The molecule has 0 spiro atoms. The Morgan fingerprint density at radius 3 is 2.41 bits per heavy atom. The highest BCUT2D eigenvalue weighted by molar-refractivity contribution is 7.12. The summed E-state index contributed by atoms with van der Waals surface area (Å²) in [5.74, 6) is 1.09. The second kappa shape index (κ2) is 4.75. The Morgan fingerprint density at radius 2 is 1.88 bits per heavy atom. The lowest BCUT2D eigenvalue weighted by Crippen LogP contribution is -1.98. The maximum Gasteiger partial charge on any atom is 0.162 e. The molecule has 2 aromatic heterocycles. The molecule has 4 heteroatoms. The molecule has 0 aromatic carbocycles. The smallest absolute Gasteiger partial charge is 0.162 e. The monoisotopic (exact) mass is 266 g/mol. The molecule has 0 saturated heterocycles. The van der Waals surface area contributed by atoms with Crippen molar-refractivity contribution in [1.29, 1.82) is 0 Å². The first-order chi connectivity index (χ1) is 7.97. The maximum absolute atomic E-state index is 6.06. The van der Waals surface area contributed by atoms with Gasteiger partial charge >= 0.3 is 0 Å². The van der Waals surface area contributed by atoms with Gasteiger partial charge in [0, 0.05) is 21.0 Å². The van der Waals surface area contributed by atoms with Crippen molar-refractivity contribution in [2.45, 2.75) is 33.6 Å². The van der Waals surface area contributed by atoms with Crippen molar-refractivity contribution in [3.05, 3.63) is 32.7 Å². The lowest BCUT2D eigenvalue weighted by Gasteiger charge is -2.07. The average Bonchev–Trinajstić information content (AvgIpc) is 2.57. The van der Waals surface area contributed by atoms with Gasteiger partial charge in [-0.3, -0.25) is 0 Å². The minimum absolute atomic E-state index is 0.356. The summed E-state index contributed by atoms with van der Waals surface area (Å²) < 4.78 is 0. The number of hydrogen-bond acceptors (Lipinski definition) is 3. The van der Waals surface area contributed by atoms with Gasteiger partial charge in [0.1, 0.15) is 5.15 Å². The van der Waals surface area contributed by atoms with E-state index in [9.17, 15) is 0 Å². The molecule has 0 saturated carbocycles. The van der Waals surface area contributed by atoms with Gasteiger partial charge in [-0.2, -0.15) is 0 Å². The Bertz CT molecular complexity index is 546. The van der Waals surface area contributed by atoms with E-state index in [1.165, 1.54) is 9.75 Å². The molecule has 0 N–H and O–H groups in total. The topological polar surface area (TPSA) is 25.8 Å². The molecule has 0 atom stereocenters. The number of thiophene rings is 1. The largest absolute Gasteiger partial charge is 0.233 e.